The standard InChI is InChI=1S/C15H40N4Si2/c1-15(2,20(9,10)11)21(12,18(7)13-16(3)4)19(8)14-17(5)6/h13-14H2,1-12H3. The molecule has 0 rings (SSSR count). The number of rotatable bonds is 8. The molecular weight excluding hydrogens is 292 g/mol. The van der Waals surface area contributed by atoms with Gasteiger partial charge in [0.05, 0.1) is 8.07 Å². The minimum absolute atomic E-state index is 0.384. The van der Waals surface area contributed by atoms with Gasteiger partial charge < -0.3 is 9.13 Å². The third-order valence-corrected chi connectivity index (χ3v) is 18.6. The van der Waals surface area contributed by atoms with Crippen LogP contribution in [0.4, 0.5) is 0 Å². The van der Waals surface area contributed by atoms with Crippen molar-refractivity contribution in [2.75, 3.05) is 55.6 Å². The fraction of sp³-hybridized carbons (Fsp3) is 1.00. The molecule has 0 amide bonds. The molecule has 21 heavy (non-hydrogen) atoms. The summed E-state index contributed by atoms with van der Waals surface area (Å²) in [6, 6.07) is 0. The zero-order valence-corrected chi connectivity index (χ0v) is 18.7. The molecule has 6 heteroatoms. The maximum atomic E-state index is 2.65. The van der Waals surface area contributed by atoms with Crippen LogP contribution in [-0.2, 0) is 0 Å². The summed E-state index contributed by atoms with van der Waals surface area (Å²) >= 11 is 0. The average molecular weight is 333 g/mol. The molecule has 0 spiro atoms. The van der Waals surface area contributed by atoms with E-state index >= 15 is 0 Å². The van der Waals surface area contributed by atoms with Gasteiger partial charge in [-0.1, -0.05) is 33.5 Å². The lowest BCUT2D eigenvalue weighted by Gasteiger charge is -2.58. The van der Waals surface area contributed by atoms with Crippen LogP contribution in [0.15, 0.2) is 0 Å². The van der Waals surface area contributed by atoms with Crippen LogP contribution in [-0.4, -0.2) is 91.0 Å². The number of hydrogen-bond donors (Lipinski definition) is 0. The SMILES string of the molecule is CN(C)CN(C)[Si](C)(N(C)CN(C)C)C(C)(C)[Si](C)(C)C. The monoisotopic (exact) mass is 332 g/mol. The Kier molecular flexibility index (Phi) is 7.32. The molecule has 0 aromatic heterocycles. The molecule has 0 saturated carbocycles. The largest absolute Gasteiger partial charge is 0.302 e. The Hall–Kier alpha value is 0.274. The maximum Gasteiger partial charge on any atom is 0.208 e. The van der Waals surface area contributed by atoms with Crippen molar-refractivity contribution in [1.82, 2.24) is 18.9 Å². The summed E-state index contributed by atoms with van der Waals surface area (Å²) in [7, 11) is 10.2. The molecule has 0 aliphatic rings. The zero-order valence-electron chi connectivity index (χ0n) is 16.7. The van der Waals surface area contributed by atoms with E-state index in [0.717, 1.165) is 13.3 Å². The third kappa shape index (κ3) is 4.62. The Morgan fingerprint density at radius 2 is 0.952 bits per heavy atom. The lowest BCUT2D eigenvalue weighted by Crippen LogP contribution is -2.73. The summed E-state index contributed by atoms with van der Waals surface area (Å²) < 4.78 is 5.68. The average Bonchev–Trinajstić information content (AvgIpc) is 2.23. The first-order valence-electron chi connectivity index (χ1n) is 7.90. The first kappa shape index (κ1) is 21.3. The Morgan fingerprint density at radius 1 is 0.667 bits per heavy atom. The third-order valence-electron chi connectivity index (χ3n) is 5.54. The van der Waals surface area contributed by atoms with E-state index in [1.807, 2.05) is 0 Å². The van der Waals surface area contributed by atoms with Gasteiger partial charge >= 0.3 is 0 Å². The molecule has 4 nitrogen and oxygen atoms in total. The first-order valence-corrected chi connectivity index (χ1v) is 13.8. The van der Waals surface area contributed by atoms with Gasteiger partial charge in [0.25, 0.3) is 0 Å². The molecule has 0 aliphatic heterocycles. The highest BCUT2D eigenvalue weighted by Crippen LogP contribution is 2.47. The van der Waals surface area contributed by atoms with E-state index in [-0.39, 0.29) is 0 Å². The first-order chi connectivity index (χ1) is 9.17. The lowest BCUT2D eigenvalue weighted by atomic mass is 10.5. The molecule has 0 radical (unpaired) electrons. The fourth-order valence-corrected chi connectivity index (χ4v) is 13.5. The highest BCUT2D eigenvalue weighted by atomic mass is 28.4. The van der Waals surface area contributed by atoms with Crippen molar-refractivity contribution in [1.29, 1.82) is 0 Å². The van der Waals surface area contributed by atoms with Crippen LogP contribution in [0, 0.1) is 0 Å². The van der Waals surface area contributed by atoms with Gasteiger partial charge in [-0.25, -0.2) is 0 Å². The molecule has 0 N–H and O–H groups in total. The molecule has 0 bridgehead atoms. The second-order valence-electron chi connectivity index (χ2n) is 8.73. The van der Waals surface area contributed by atoms with Crippen LogP contribution in [0.25, 0.3) is 0 Å². The van der Waals surface area contributed by atoms with E-state index in [1.165, 1.54) is 0 Å². The van der Waals surface area contributed by atoms with Gasteiger partial charge in [-0.2, -0.15) is 0 Å². The molecule has 0 saturated heterocycles. The van der Waals surface area contributed by atoms with E-state index in [4.69, 9.17) is 0 Å². The highest BCUT2D eigenvalue weighted by Gasteiger charge is 2.56. The molecule has 0 aliphatic carbocycles. The molecule has 0 fully saturated rings. The second-order valence-corrected chi connectivity index (χ2v) is 19.8. The van der Waals surface area contributed by atoms with Gasteiger partial charge in [-0.15, -0.1) is 0 Å². The van der Waals surface area contributed by atoms with Gasteiger partial charge in [0.1, 0.15) is 0 Å². The van der Waals surface area contributed by atoms with Gasteiger partial charge in [-0.05, 0) is 53.5 Å². The van der Waals surface area contributed by atoms with Gasteiger partial charge in [0.2, 0.25) is 8.40 Å². The summed E-state index contributed by atoms with van der Waals surface area (Å²) in [5.74, 6) is 0. The van der Waals surface area contributed by atoms with Crippen molar-refractivity contribution in [3.63, 3.8) is 0 Å². The van der Waals surface area contributed by atoms with Crippen LogP contribution < -0.4 is 0 Å². The topological polar surface area (TPSA) is 13.0 Å². The van der Waals surface area contributed by atoms with Crippen molar-refractivity contribution < 1.29 is 0 Å². The highest BCUT2D eigenvalue weighted by molar-refractivity contribution is 6.97. The van der Waals surface area contributed by atoms with E-state index < -0.39 is 16.5 Å². The molecular formula is C15H40N4Si2. The van der Waals surface area contributed by atoms with Crippen LogP contribution in [0.3, 0.4) is 0 Å². The molecule has 0 atom stereocenters. The Bertz CT molecular complexity index is 308. The molecule has 0 aromatic carbocycles. The van der Waals surface area contributed by atoms with Crippen LogP contribution >= 0.6 is 0 Å². The van der Waals surface area contributed by atoms with Crippen molar-refractivity contribution in [3.8, 4) is 0 Å². The number of nitrogens with zero attached hydrogens (tertiary/aromatic N) is 4. The molecule has 0 unspecified atom stereocenters. The summed E-state index contributed by atoms with van der Waals surface area (Å²) in [5, 5.41) is 0. The summed E-state index contributed by atoms with van der Waals surface area (Å²) in [6.45, 7) is 17.2. The summed E-state index contributed by atoms with van der Waals surface area (Å²) in [4.78, 5) is 4.57. The Balaban J connectivity index is 5.76. The van der Waals surface area contributed by atoms with Crippen LogP contribution in [0.1, 0.15) is 13.8 Å². The van der Waals surface area contributed by atoms with Crippen molar-refractivity contribution in [2.24, 2.45) is 0 Å². The molecule has 128 valence electrons. The van der Waals surface area contributed by atoms with Crippen LogP contribution in [0.5, 0.6) is 0 Å². The van der Waals surface area contributed by atoms with E-state index in [1.54, 1.807) is 0 Å². The predicted octanol–water partition coefficient (Wildman–Crippen LogP) is 2.62. The quantitative estimate of drug-likeness (QED) is 0.500. The fourth-order valence-electron chi connectivity index (χ4n) is 3.08. The maximum absolute atomic E-state index is 2.65. The van der Waals surface area contributed by atoms with Gasteiger partial charge in [0.15, 0.2) is 0 Å². The molecule has 0 heterocycles. The smallest absolute Gasteiger partial charge is 0.208 e. The van der Waals surface area contributed by atoms with E-state index in [0.29, 0.717) is 4.66 Å². The zero-order chi connectivity index (χ0) is 17.2. The second kappa shape index (κ2) is 7.23. The normalized spacial score (nSPS) is 14.9. The minimum Gasteiger partial charge on any atom is -0.302 e. The summed E-state index contributed by atoms with van der Waals surface area (Å²) in [5.41, 5.74) is 0. The lowest BCUT2D eigenvalue weighted by molar-refractivity contribution is 0.226. The Morgan fingerprint density at radius 3 is 1.14 bits per heavy atom. The minimum atomic E-state index is -1.80. The van der Waals surface area contributed by atoms with Crippen molar-refractivity contribution >= 4 is 16.5 Å². The summed E-state index contributed by atoms with van der Waals surface area (Å²) in [6.07, 6.45) is 0. The van der Waals surface area contributed by atoms with Crippen molar-refractivity contribution in [2.45, 2.75) is 44.7 Å². The van der Waals surface area contributed by atoms with Crippen LogP contribution in [0.2, 0.25) is 30.8 Å². The van der Waals surface area contributed by atoms with Gasteiger partial charge in [-0.3, -0.25) is 9.80 Å². The Labute approximate surface area is 136 Å². The number of hydrogen-bond acceptors (Lipinski definition) is 4. The van der Waals surface area contributed by atoms with Gasteiger partial charge in [0, 0.05) is 13.3 Å². The van der Waals surface area contributed by atoms with Crippen molar-refractivity contribution in [3.05, 3.63) is 0 Å². The van der Waals surface area contributed by atoms with E-state index in [2.05, 4.69) is 101 Å². The van der Waals surface area contributed by atoms with E-state index in [9.17, 15) is 0 Å². The molecule has 0 aromatic rings. The predicted molar refractivity (Wildman–Crippen MR) is 102 cm³/mol.